The lowest BCUT2D eigenvalue weighted by molar-refractivity contribution is 0.122. The zero-order chi connectivity index (χ0) is 24.9. The molecule has 1 unspecified atom stereocenters. The number of anilines is 2. The van der Waals surface area contributed by atoms with Crippen molar-refractivity contribution >= 4 is 28.4 Å². The van der Waals surface area contributed by atoms with E-state index in [2.05, 4.69) is 57.6 Å². The lowest BCUT2D eigenvalue weighted by atomic mass is 10.1. The lowest BCUT2D eigenvalue weighted by Crippen LogP contribution is -2.37. The minimum atomic E-state index is 0.382. The Balaban J connectivity index is 1.50. The molecule has 9 nitrogen and oxygen atoms in total. The van der Waals surface area contributed by atoms with Crippen LogP contribution in [0.25, 0.3) is 16.7 Å². The number of allylic oxidation sites excluding steroid dienone is 3. The number of furan rings is 1. The highest BCUT2D eigenvalue weighted by atomic mass is 16.5. The van der Waals surface area contributed by atoms with E-state index in [1.807, 2.05) is 31.6 Å². The second-order valence-corrected chi connectivity index (χ2v) is 9.32. The van der Waals surface area contributed by atoms with Crippen LogP contribution in [0.3, 0.4) is 0 Å². The highest BCUT2D eigenvalue weighted by Gasteiger charge is 2.27. The van der Waals surface area contributed by atoms with Gasteiger partial charge in [0, 0.05) is 51.1 Å². The van der Waals surface area contributed by atoms with Gasteiger partial charge in [0.1, 0.15) is 17.1 Å². The summed E-state index contributed by atoms with van der Waals surface area (Å²) in [6.07, 6.45) is 9.90. The van der Waals surface area contributed by atoms with Crippen LogP contribution >= 0.6 is 0 Å². The number of pyridine rings is 1. The SMILES string of the molecule is CC/C=C(\C=C(/NC)Nc1nc(N2CCOCC2)c2oc(C3CCN(C)C3)cc2n1)c1ccncc1. The van der Waals surface area contributed by atoms with E-state index < -0.39 is 0 Å². The quantitative estimate of drug-likeness (QED) is 0.458. The minimum absolute atomic E-state index is 0.382. The standard InChI is InChI=1S/C27H35N7O2/c1-4-5-20(19-6-9-29-10-7-19)16-24(28-2)31-27-30-22-17-23(21-8-11-33(3)18-21)36-25(22)26(32-27)34-12-14-35-15-13-34/h5-7,9-10,16-17,21,28H,4,8,11-15,18H2,1-3H3,(H,30,31,32)/b20-5+,24-16+. The lowest BCUT2D eigenvalue weighted by Gasteiger charge is -2.28. The summed E-state index contributed by atoms with van der Waals surface area (Å²) in [7, 11) is 4.05. The van der Waals surface area contributed by atoms with Crippen molar-refractivity contribution in [2.75, 3.05) is 63.7 Å². The van der Waals surface area contributed by atoms with Gasteiger partial charge in [-0.15, -0.1) is 0 Å². The van der Waals surface area contributed by atoms with Crippen molar-refractivity contribution in [2.45, 2.75) is 25.7 Å². The number of likely N-dealkylation sites (tertiary alicyclic amines) is 1. The summed E-state index contributed by atoms with van der Waals surface area (Å²) in [5.74, 6) is 3.53. The molecule has 1 atom stereocenters. The largest absolute Gasteiger partial charge is 0.455 e. The number of nitrogens with one attached hydrogen (secondary N) is 2. The molecule has 9 heteroatoms. The van der Waals surface area contributed by atoms with E-state index in [1.165, 1.54) is 0 Å². The van der Waals surface area contributed by atoms with Crippen LogP contribution in [0.5, 0.6) is 0 Å². The Labute approximate surface area is 212 Å². The second-order valence-electron chi connectivity index (χ2n) is 9.32. The number of ether oxygens (including phenoxy) is 1. The molecule has 0 aromatic carbocycles. The fraction of sp³-hybridized carbons (Fsp3) is 0.444. The van der Waals surface area contributed by atoms with Crippen molar-refractivity contribution in [1.29, 1.82) is 0 Å². The fourth-order valence-corrected chi connectivity index (χ4v) is 4.82. The molecule has 5 heterocycles. The van der Waals surface area contributed by atoms with Gasteiger partial charge in [-0.1, -0.05) is 13.0 Å². The Morgan fingerprint density at radius 1 is 1.17 bits per heavy atom. The Hall–Kier alpha value is -3.43. The van der Waals surface area contributed by atoms with Crippen LogP contribution in [0, 0.1) is 0 Å². The van der Waals surface area contributed by atoms with Crippen LogP contribution in [-0.4, -0.2) is 73.3 Å². The van der Waals surface area contributed by atoms with E-state index in [0.29, 0.717) is 25.1 Å². The first kappa shape index (κ1) is 24.3. The zero-order valence-corrected chi connectivity index (χ0v) is 21.3. The van der Waals surface area contributed by atoms with Crippen LogP contribution < -0.4 is 15.5 Å². The van der Waals surface area contributed by atoms with Crippen LogP contribution in [-0.2, 0) is 4.74 Å². The predicted molar refractivity (Wildman–Crippen MR) is 143 cm³/mol. The second kappa shape index (κ2) is 11.1. The molecule has 2 N–H and O–H groups in total. The average molecular weight is 490 g/mol. The van der Waals surface area contributed by atoms with Crippen molar-refractivity contribution in [1.82, 2.24) is 25.2 Å². The van der Waals surface area contributed by atoms with Crippen LogP contribution in [0.4, 0.5) is 11.8 Å². The molecule has 2 aliphatic rings. The van der Waals surface area contributed by atoms with Gasteiger partial charge in [-0.2, -0.15) is 4.98 Å². The summed E-state index contributed by atoms with van der Waals surface area (Å²) < 4.78 is 12.0. The van der Waals surface area contributed by atoms with Gasteiger partial charge in [0.15, 0.2) is 11.4 Å². The molecule has 0 saturated carbocycles. The Morgan fingerprint density at radius 2 is 1.97 bits per heavy atom. The molecule has 0 amide bonds. The normalized spacial score (nSPS) is 19.8. The van der Waals surface area contributed by atoms with Crippen molar-refractivity contribution < 1.29 is 9.15 Å². The van der Waals surface area contributed by atoms with Gasteiger partial charge in [-0.3, -0.25) is 4.98 Å². The molecule has 5 rings (SSSR count). The topological polar surface area (TPSA) is 91.6 Å². The summed E-state index contributed by atoms with van der Waals surface area (Å²) in [6.45, 7) is 7.10. The fourth-order valence-electron chi connectivity index (χ4n) is 4.82. The smallest absolute Gasteiger partial charge is 0.231 e. The van der Waals surface area contributed by atoms with Gasteiger partial charge < -0.3 is 29.6 Å². The highest BCUT2D eigenvalue weighted by molar-refractivity contribution is 5.86. The van der Waals surface area contributed by atoms with E-state index >= 15 is 0 Å². The first-order chi connectivity index (χ1) is 17.6. The third kappa shape index (κ3) is 5.37. The van der Waals surface area contributed by atoms with Crippen molar-refractivity contribution in [3.8, 4) is 0 Å². The van der Waals surface area contributed by atoms with Crippen LogP contribution in [0.15, 0.2) is 53.0 Å². The predicted octanol–water partition coefficient (Wildman–Crippen LogP) is 3.84. The van der Waals surface area contributed by atoms with Gasteiger partial charge >= 0.3 is 0 Å². The number of hydrogen-bond acceptors (Lipinski definition) is 9. The van der Waals surface area contributed by atoms with Crippen molar-refractivity contribution in [3.05, 3.63) is 59.9 Å². The van der Waals surface area contributed by atoms with Gasteiger partial charge in [0.25, 0.3) is 0 Å². The Kier molecular flexibility index (Phi) is 7.48. The molecule has 2 aliphatic heterocycles. The Morgan fingerprint density at radius 3 is 2.67 bits per heavy atom. The number of morpholine rings is 1. The average Bonchev–Trinajstić information content (AvgIpc) is 3.54. The monoisotopic (exact) mass is 489 g/mol. The maximum absolute atomic E-state index is 6.42. The molecule has 0 bridgehead atoms. The molecule has 36 heavy (non-hydrogen) atoms. The summed E-state index contributed by atoms with van der Waals surface area (Å²) in [5, 5.41) is 6.67. The highest BCUT2D eigenvalue weighted by Crippen LogP contribution is 2.35. The molecule has 2 fully saturated rings. The number of fused-ring (bicyclic) bond motifs is 1. The molecular weight excluding hydrogens is 454 g/mol. The van der Waals surface area contributed by atoms with Gasteiger partial charge in [-0.25, -0.2) is 4.98 Å². The van der Waals surface area contributed by atoms with E-state index in [9.17, 15) is 0 Å². The first-order valence-electron chi connectivity index (χ1n) is 12.7. The first-order valence-corrected chi connectivity index (χ1v) is 12.7. The molecule has 3 aromatic rings. The molecule has 0 spiro atoms. The summed E-state index contributed by atoms with van der Waals surface area (Å²) >= 11 is 0. The molecule has 3 aromatic heterocycles. The zero-order valence-electron chi connectivity index (χ0n) is 21.3. The van der Waals surface area contributed by atoms with E-state index in [-0.39, 0.29) is 0 Å². The van der Waals surface area contributed by atoms with Crippen molar-refractivity contribution in [3.63, 3.8) is 0 Å². The minimum Gasteiger partial charge on any atom is -0.455 e. The summed E-state index contributed by atoms with van der Waals surface area (Å²) in [4.78, 5) is 18.5. The van der Waals surface area contributed by atoms with Crippen molar-refractivity contribution in [2.24, 2.45) is 0 Å². The number of rotatable bonds is 8. The maximum atomic E-state index is 6.42. The third-order valence-corrected chi connectivity index (χ3v) is 6.73. The van der Waals surface area contributed by atoms with E-state index in [1.54, 1.807) is 0 Å². The van der Waals surface area contributed by atoms with E-state index in [4.69, 9.17) is 19.1 Å². The summed E-state index contributed by atoms with van der Waals surface area (Å²) in [5.41, 5.74) is 3.78. The van der Waals surface area contributed by atoms with Gasteiger partial charge in [-0.05, 0) is 55.8 Å². The third-order valence-electron chi connectivity index (χ3n) is 6.73. The molecule has 0 aliphatic carbocycles. The number of hydrogen-bond donors (Lipinski definition) is 2. The molecule has 2 saturated heterocycles. The number of aromatic nitrogens is 3. The van der Waals surface area contributed by atoms with Gasteiger partial charge in [0.05, 0.1) is 13.2 Å². The summed E-state index contributed by atoms with van der Waals surface area (Å²) in [6, 6.07) is 6.12. The molecule has 190 valence electrons. The van der Waals surface area contributed by atoms with Gasteiger partial charge in [0.2, 0.25) is 5.95 Å². The van der Waals surface area contributed by atoms with Crippen LogP contribution in [0.1, 0.15) is 37.0 Å². The Bertz CT molecular complexity index is 1230. The molecule has 0 radical (unpaired) electrons. The molecular formula is C27H35N7O2. The number of likely N-dealkylation sites (N-methyl/N-ethyl adjacent to an activating group) is 1. The number of nitrogens with zero attached hydrogens (tertiary/aromatic N) is 5. The van der Waals surface area contributed by atoms with Crippen LogP contribution in [0.2, 0.25) is 0 Å². The maximum Gasteiger partial charge on any atom is 0.231 e. The van der Waals surface area contributed by atoms with E-state index in [0.717, 1.165) is 78.7 Å².